The molecular formula is C23H26N2O4. The zero-order valence-corrected chi connectivity index (χ0v) is 17.1. The number of benzene rings is 2. The second kappa shape index (κ2) is 7.43. The summed E-state index contributed by atoms with van der Waals surface area (Å²) < 4.78 is 10.5. The number of nitrogens with zero attached hydrogens (tertiary/aromatic N) is 2. The summed E-state index contributed by atoms with van der Waals surface area (Å²) in [5.74, 6) is 1.69. The van der Waals surface area contributed by atoms with Gasteiger partial charge in [-0.25, -0.2) is 0 Å². The smallest absolute Gasteiger partial charge is 0.239 e. The van der Waals surface area contributed by atoms with E-state index in [1.54, 1.807) is 26.2 Å². The summed E-state index contributed by atoms with van der Waals surface area (Å²) in [6.07, 6.45) is 1.74. The first-order valence-corrected chi connectivity index (χ1v) is 9.86. The molecule has 0 unspecified atom stereocenters. The fraction of sp³-hybridized carbons (Fsp3) is 0.391. The van der Waals surface area contributed by atoms with Crippen molar-refractivity contribution < 1.29 is 19.1 Å². The summed E-state index contributed by atoms with van der Waals surface area (Å²) >= 11 is 0. The summed E-state index contributed by atoms with van der Waals surface area (Å²) in [6, 6.07) is 13.5. The number of likely N-dealkylation sites (N-methyl/N-ethyl adjacent to an activating group) is 1. The summed E-state index contributed by atoms with van der Waals surface area (Å²) in [4.78, 5) is 29.5. The molecular weight excluding hydrogens is 368 g/mol. The molecule has 2 aliphatic rings. The quantitative estimate of drug-likeness (QED) is 0.783. The van der Waals surface area contributed by atoms with E-state index in [0.29, 0.717) is 32.4 Å². The number of carbonyl (C=O) groups is 2. The third-order valence-corrected chi connectivity index (χ3v) is 6.20. The Labute approximate surface area is 171 Å². The number of aryl methyl sites for hydroxylation is 1. The van der Waals surface area contributed by atoms with Crippen LogP contribution in [0.25, 0.3) is 0 Å². The summed E-state index contributed by atoms with van der Waals surface area (Å²) in [5.41, 5.74) is 2.31. The van der Waals surface area contributed by atoms with Crippen molar-refractivity contribution in [3.8, 4) is 11.5 Å². The lowest BCUT2D eigenvalue weighted by molar-refractivity contribution is -0.130. The number of anilines is 1. The molecule has 29 heavy (non-hydrogen) atoms. The highest BCUT2D eigenvalue weighted by atomic mass is 16.5. The van der Waals surface area contributed by atoms with E-state index in [4.69, 9.17) is 9.47 Å². The standard InChI is InChI=1S/C23H26N2O4/c1-24-20-10-9-18(29-3)14-19(20)23(22(24)27)12-13-25(15-23)21(26)11-6-16-4-7-17(28-2)8-5-16/h4-5,7-10,14H,6,11-13,15H2,1-3H3/t23-/m1/s1. The van der Waals surface area contributed by atoms with Gasteiger partial charge in [0.2, 0.25) is 11.8 Å². The molecule has 2 aliphatic heterocycles. The molecule has 4 rings (SSSR count). The van der Waals surface area contributed by atoms with Crippen molar-refractivity contribution in [2.24, 2.45) is 0 Å². The highest BCUT2D eigenvalue weighted by Gasteiger charge is 2.54. The first-order chi connectivity index (χ1) is 14.0. The summed E-state index contributed by atoms with van der Waals surface area (Å²) in [7, 11) is 5.06. The Hall–Kier alpha value is -3.02. The van der Waals surface area contributed by atoms with E-state index in [0.717, 1.165) is 28.3 Å². The Balaban J connectivity index is 1.48. The van der Waals surface area contributed by atoms with Crippen LogP contribution in [0.15, 0.2) is 42.5 Å². The van der Waals surface area contributed by atoms with Crippen LogP contribution in [0.2, 0.25) is 0 Å². The van der Waals surface area contributed by atoms with Crippen LogP contribution >= 0.6 is 0 Å². The first-order valence-electron chi connectivity index (χ1n) is 9.86. The molecule has 2 aromatic rings. The largest absolute Gasteiger partial charge is 0.497 e. The van der Waals surface area contributed by atoms with Crippen molar-refractivity contribution in [3.05, 3.63) is 53.6 Å². The van der Waals surface area contributed by atoms with Crippen molar-refractivity contribution in [1.29, 1.82) is 0 Å². The Bertz CT molecular complexity index is 940. The fourth-order valence-electron chi connectivity index (χ4n) is 4.48. The average Bonchev–Trinajstić information content (AvgIpc) is 3.30. The monoisotopic (exact) mass is 394 g/mol. The molecule has 0 bridgehead atoms. The van der Waals surface area contributed by atoms with Crippen LogP contribution in [0, 0.1) is 0 Å². The van der Waals surface area contributed by atoms with Crippen molar-refractivity contribution >= 4 is 17.5 Å². The summed E-state index contributed by atoms with van der Waals surface area (Å²) in [6.45, 7) is 1.02. The molecule has 6 heteroatoms. The lowest BCUT2D eigenvalue weighted by Crippen LogP contribution is -2.42. The Morgan fingerprint density at radius 2 is 1.76 bits per heavy atom. The molecule has 0 saturated carbocycles. The van der Waals surface area contributed by atoms with Crippen LogP contribution in [0.4, 0.5) is 5.69 Å². The highest BCUT2D eigenvalue weighted by molar-refractivity contribution is 6.08. The molecule has 6 nitrogen and oxygen atoms in total. The minimum absolute atomic E-state index is 0.0613. The molecule has 1 atom stereocenters. The second-order valence-electron chi connectivity index (χ2n) is 7.74. The minimum atomic E-state index is -0.658. The maximum atomic E-state index is 13.1. The maximum Gasteiger partial charge on any atom is 0.239 e. The van der Waals surface area contributed by atoms with Crippen LogP contribution in [0.3, 0.4) is 0 Å². The molecule has 1 saturated heterocycles. The predicted octanol–water partition coefficient (Wildman–Crippen LogP) is 2.78. The zero-order chi connectivity index (χ0) is 20.6. The average molecular weight is 394 g/mol. The molecule has 1 fully saturated rings. The van der Waals surface area contributed by atoms with E-state index in [1.807, 2.05) is 47.4 Å². The van der Waals surface area contributed by atoms with Crippen LogP contribution in [0.5, 0.6) is 11.5 Å². The van der Waals surface area contributed by atoms with Crippen molar-refractivity contribution in [2.75, 3.05) is 39.3 Å². The second-order valence-corrected chi connectivity index (χ2v) is 7.74. The lowest BCUT2D eigenvalue weighted by atomic mass is 9.81. The van der Waals surface area contributed by atoms with Gasteiger partial charge in [0.25, 0.3) is 0 Å². The SMILES string of the molecule is COc1ccc(CCC(=O)N2CC[C@]3(C2)C(=O)N(C)c2ccc(OC)cc23)cc1. The van der Waals surface area contributed by atoms with Gasteiger partial charge in [-0.1, -0.05) is 12.1 Å². The number of likely N-dealkylation sites (tertiary alicyclic amines) is 1. The van der Waals surface area contributed by atoms with Gasteiger partial charge < -0.3 is 19.3 Å². The number of rotatable bonds is 5. The Morgan fingerprint density at radius 3 is 2.45 bits per heavy atom. The maximum absolute atomic E-state index is 13.1. The number of methoxy groups -OCH3 is 2. The molecule has 0 N–H and O–H groups in total. The highest BCUT2D eigenvalue weighted by Crippen LogP contribution is 2.48. The molecule has 2 amide bonds. The molecule has 2 heterocycles. The zero-order valence-electron chi connectivity index (χ0n) is 17.1. The molecule has 152 valence electrons. The van der Waals surface area contributed by atoms with Crippen molar-refractivity contribution in [1.82, 2.24) is 4.90 Å². The number of carbonyl (C=O) groups excluding carboxylic acids is 2. The number of hydrogen-bond donors (Lipinski definition) is 0. The van der Waals surface area contributed by atoms with Crippen molar-refractivity contribution in [2.45, 2.75) is 24.7 Å². The van der Waals surface area contributed by atoms with Crippen LogP contribution in [0.1, 0.15) is 24.0 Å². The van der Waals surface area contributed by atoms with Gasteiger partial charge in [0.1, 0.15) is 11.5 Å². The van der Waals surface area contributed by atoms with Crippen LogP contribution in [-0.4, -0.2) is 51.1 Å². The molecule has 0 radical (unpaired) electrons. The molecule has 0 aromatic heterocycles. The van der Waals surface area contributed by atoms with Crippen molar-refractivity contribution in [3.63, 3.8) is 0 Å². The third-order valence-electron chi connectivity index (χ3n) is 6.20. The van der Waals surface area contributed by atoms with Gasteiger partial charge in [0, 0.05) is 32.2 Å². The van der Waals surface area contributed by atoms with E-state index in [-0.39, 0.29) is 11.8 Å². The van der Waals surface area contributed by atoms with Crippen LogP contribution < -0.4 is 14.4 Å². The van der Waals surface area contributed by atoms with E-state index in [1.165, 1.54) is 0 Å². The number of ether oxygens (including phenoxy) is 2. The fourth-order valence-corrected chi connectivity index (χ4v) is 4.48. The van der Waals surface area contributed by atoms with Gasteiger partial charge in [-0.2, -0.15) is 0 Å². The van der Waals surface area contributed by atoms with Gasteiger partial charge in [-0.3, -0.25) is 9.59 Å². The topological polar surface area (TPSA) is 59.1 Å². The Kier molecular flexibility index (Phi) is 4.94. The lowest BCUT2D eigenvalue weighted by Gasteiger charge is -2.23. The molecule has 0 aliphatic carbocycles. The van der Waals surface area contributed by atoms with E-state index in [9.17, 15) is 9.59 Å². The van der Waals surface area contributed by atoms with E-state index < -0.39 is 5.41 Å². The van der Waals surface area contributed by atoms with Crippen LogP contribution in [-0.2, 0) is 21.4 Å². The third kappa shape index (κ3) is 3.22. The number of hydrogen-bond acceptors (Lipinski definition) is 4. The van der Waals surface area contributed by atoms with Gasteiger partial charge in [-0.05, 0) is 54.3 Å². The predicted molar refractivity (Wildman–Crippen MR) is 111 cm³/mol. The van der Waals surface area contributed by atoms with Gasteiger partial charge in [0.05, 0.1) is 19.6 Å². The number of amides is 2. The normalized spacial score (nSPS) is 20.3. The molecule has 1 spiro atoms. The summed E-state index contributed by atoms with van der Waals surface area (Å²) in [5, 5.41) is 0. The van der Waals surface area contributed by atoms with Gasteiger partial charge >= 0.3 is 0 Å². The first kappa shape index (κ1) is 19.3. The van der Waals surface area contributed by atoms with Gasteiger partial charge in [-0.15, -0.1) is 0 Å². The molecule has 2 aromatic carbocycles. The minimum Gasteiger partial charge on any atom is -0.497 e. The van der Waals surface area contributed by atoms with E-state index in [2.05, 4.69) is 0 Å². The Morgan fingerprint density at radius 1 is 1.07 bits per heavy atom. The van der Waals surface area contributed by atoms with E-state index >= 15 is 0 Å². The van der Waals surface area contributed by atoms with Gasteiger partial charge in [0.15, 0.2) is 0 Å². The number of fused-ring (bicyclic) bond motifs is 2.